The molecule has 1 aromatic carbocycles. The molecule has 4 aromatic rings. The van der Waals surface area contributed by atoms with Crippen molar-refractivity contribution in [1.82, 2.24) is 24.6 Å². The first-order chi connectivity index (χ1) is 16.4. The number of rotatable bonds is 4. The maximum atomic E-state index is 13.6. The average Bonchev–Trinajstić information content (AvgIpc) is 3.53. The van der Waals surface area contributed by atoms with E-state index in [2.05, 4.69) is 5.10 Å². The molecule has 1 saturated heterocycles. The molecule has 9 heteroatoms. The van der Waals surface area contributed by atoms with E-state index in [4.69, 9.17) is 21.0 Å². The highest BCUT2D eigenvalue weighted by atomic mass is 35.5. The lowest BCUT2D eigenvalue weighted by molar-refractivity contribution is 0.0536. The molecular weight excluding hydrogens is 454 g/mol. The number of carbonyl (C=O) groups is 2. The summed E-state index contributed by atoms with van der Waals surface area (Å²) in [6, 6.07) is 12.3. The largest absolute Gasteiger partial charge is 0.463 e. The highest BCUT2D eigenvalue weighted by Crippen LogP contribution is 2.28. The smallest absolute Gasteiger partial charge is 0.254 e. The summed E-state index contributed by atoms with van der Waals surface area (Å²) in [5.41, 5.74) is 2.34. The van der Waals surface area contributed by atoms with E-state index in [-0.39, 0.29) is 17.9 Å². The summed E-state index contributed by atoms with van der Waals surface area (Å²) >= 11 is 5.93. The Balaban J connectivity index is 1.40. The number of hydrogen-bond acceptors (Lipinski definition) is 5. The Kier molecular flexibility index (Phi) is 5.83. The van der Waals surface area contributed by atoms with Crippen molar-refractivity contribution in [2.24, 2.45) is 0 Å². The van der Waals surface area contributed by atoms with Crippen LogP contribution in [-0.2, 0) is 0 Å². The van der Waals surface area contributed by atoms with Gasteiger partial charge in [-0.05, 0) is 56.3 Å². The molecule has 0 unspecified atom stereocenters. The zero-order valence-corrected chi connectivity index (χ0v) is 19.7. The lowest BCUT2D eigenvalue weighted by atomic mass is 10.1. The van der Waals surface area contributed by atoms with E-state index < -0.39 is 0 Å². The molecule has 8 nitrogen and oxygen atoms in total. The second-order valence-electron chi connectivity index (χ2n) is 8.54. The minimum Gasteiger partial charge on any atom is -0.463 e. The minimum absolute atomic E-state index is 0.0617. The van der Waals surface area contributed by atoms with Gasteiger partial charge in [-0.1, -0.05) is 11.6 Å². The molecule has 5 rings (SSSR count). The van der Waals surface area contributed by atoms with Gasteiger partial charge in [-0.15, -0.1) is 0 Å². The first-order valence-electron chi connectivity index (χ1n) is 11.2. The molecular formula is C25H24ClN5O3. The van der Waals surface area contributed by atoms with Crippen molar-refractivity contribution >= 4 is 34.4 Å². The fourth-order valence-corrected chi connectivity index (χ4v) is 4.31. The summed E-state index contributed by atoms with van der Waals surface area (Å²) < 4.78 is 7.35. The third-order valence-electron chi connectivity index (χ3n) is 6.01. The number of pyridine rings is 1. The van der Waals surface area contributed by atoms with E-state index in [1.165, 1.54) is 0 Å². The number of fused-ring (bicyclic) bond motifs is 1. The van der Waals surface area contributed by atoms with Crippen LogP contribution in [0, 0.1) is 0 Å². The monoisotopic (exact) mass is 477 g/mol. The van der Waals surface area contributed by atoms with Crippen molar-refractivity contribution in [2.75, 3.05) is 26.2 Å². The normalized spacial score (nSPS) is 14.2. The average molecular weight is 478 g/mol. The number of benzene rings is 1. The molecule has 1 aliphatic rings. The summed E-state index contributed by atoms with van der Waals surface area (Å²) in [7, 11) is 0. The first-order valence-corrected chi connectivity index (χ1v) is 11.6. The molecule has 0 radical (unpaired) electrons. The van der Waals surface area contributed by atoms with Crippen LogP contribution in [0.25, 0.3) is 22.5 Å². The van der Waals surface area contributed by atoms with Crippen molar-refractivity contribution in [3.63, 3.8) is 0 Å². The molecule has 34 heavy (non-hydrogen) atoms. The molecule has 3 aromatic heterocycles. The molecule has 0 saturated carbocycles. The molecule has 174 valence electrons. The Hall–Kier alpha value is -3.65. The van der Waals surface area contributed by atoms with Gasteiger partial charge in [-0.25, -0.2) is 9.67 Å². The van der Waals surface area contributed by atoms with E-state index in [1.54, 1.807) is 63.3 Å². The molecule has 4 heterocycles. The van der Waals surface area contributed by atoms with Gasteiger partial charge in [0.15, 0.2) is 11.4 Å². The van der Waals surface area contributed by atoms with E-state index in [0.717, 1.165) is 0 Å². The lowest BCUT2D eigenvalue weighted by Crippen LogP contribution is -2.50. The Labute approximate surface area is 201 Å². The summed E-state index contributed by atoms with van der Waals surface area (Å²) in [6.45, 7) is 5.83. The second-order valence-corrected chi connectivity index (χ2v) is 8.98. The van der Waals surface area contributed by atoms with Crippen LogP contribution in [0.3, 0.4) is 0 Å². The first kappa shape index (κ1) is 22.2. The van der Waals surface area contributed by atoms with Crippen molar-refractivity contribution in [2.45, 2.75) is 19.9 Å². The molecule has 0 bridgehead atoms. The third kappa shape index (κ3) is 4.05. The number of hydrogen-bond donors (Lipinski definition) is 0. The maximum absolute atomic E-state index is 13.6. The SMILES string of the molecule is CC(C)n1ncc2c(C(=O)N3CCN(C(=O)c4ccc(Cl)cc4)CC3)cc(-c3ccco3)nc21. The Morgan fingerprint density at radius 3 is 2.29 bits per heavy atom. The van der Waals surface area contributed by atoms with Crippen molar-refractivity contribution in [3.8, 4) is 11.5 Å². The molecule has 0 N–H and O–H groups in total. The summed E-state index contributed by atoms with van der Waals surface area (Å²) in [6.07, 6.45) is 3.28. The van der Waals surface area contributed by atoms with Crippen LogP contribution in [0.15, 0.2) is 59.3 Å². The fourth-order valence-electron chi connectivity index (χ4n) is 4.18. The van der Waals surface area contributed by atoms with Gasteiger partial charge in [-0.2, -0.15) is 5.10 Å². The van der Waals surface area contributed by atoms with Gasteiger partial charge in [0.2, 0.25) is 0 Å². The summed E-state index contributed by atoms with van der Waals surface area (Å²) in [5, 5.41) is 5.76. The number of carbonyl (C=O) groups excluding carboxylic acids is 2. The van der Waals surface area contributed by atoms with Crippen LogP contribution in [0.2, 0.25) is 5.02 Å². The summed E-state index contributed by atoms with van der Waals surface area (Å²) in [5.74, 6) is 0.418. The molecule has 0 atom stereocenters. The zero-order valence-electron chi connectivity index (χ0n) is 18.9. The van der Waals surface area contributed by atoms with E-state index >= 15 is 0 Å². The van der Waals surface area contributed by atoms with Crippen LogP contribution < -0.4 is 0 Å². The number of nitrogens with zero attached hydrogens (tertiary/aromatic N) is 5. The highest BCUT2D eigenvalue weighted by molar-refractivity contribution is 6.30. The quantitative estimate of drug-likeness (QED) is 0.431. The second kappa shape index (κ2) is 8.95. The van der Waals surface area contributed by atoms with Crippen LogP contribution in [0.4, 0.5) is 0 Å². The molecule has 2 amide bonds. The highest BCUT2D eigenvalue weighted by Gasteiger charge is 2.28. The van der Waals surface area contributed by atoms with Crippen LogP contribution in [-0.4, -0.2) is 62.6 Å². The topological polar surface area (TPSA) is 84.5 Å². The molecule has 0 spiro atoms. The predicted octanol–water partition coefficient (Wildman–Crippen LogP) is 4.52. The molecule has 0 aliphatic carbocycles. The van der Waals surface area contributed by atoms with Gasteiger partial charge < -0.3 is 14.2 Å². The van der Waals surface area contributed by atoms with Crippen LogP contribution >= 0.6 is 11.6 Å². The number of aromatic nitrogens is 3. The van der Waals surface area contributed by atoms with E-state index in [0.29, 0.717) is 64.8 Å². The minimum atomic E-state index is -0.109. The number of amides is 2. The summed E-state index contributed by atoms with van der Waals surface area (Å²) in [4.78, 5) is 34.7. The third-order valence-corrected chi connectivity index (χ3v) is 6.26. The zero-order chi connectivity index (χ0) is 23.8. The van der Waals surface area contributed by atoms with Gasteiger partial charge >= 0.3 is 0 Å². The Morgan fingerprint density at radius 2 is 1.68 bits per heavy atom. The predicted molar refractivity (Wildman–Crippen MR) is 129 cm³/mol. The van der Waals surface area contributed by atoms with Crippen LogP contribution in [0.1, 0.15) is 40.6 Å². The van der Waals surface area contributed by atoms with Crippen molar-refractivity contribution < 1.29 is 14.0 Å². The number of halogens is 1. The van der Waals surface area contributed by atoms with Gasteiger partial charge in [0, 0.05) is 42.8 Å². The van der Waals surface area contributed by atoms with Crippen LogP contribution in [0.5, 0.6) is 0 Å². The number of furan rings is 1. The van der Waals surface area contributed by atoms with Gasteiger partial charge in [0.1, 0.15) is 5.69 Å². The Bertz CT molecular complexity index is 1340. The van der Waals surface area contributed by atoms with Gasteiger partial charge in [0.25, 0.3) is 11.8 Å². The van der Waals surface area contributed by atoms with E-state index in [1.807, 2.05) is 19.9 Å². The van der Waals surface area contributed by atoms with Crippen molar-refractivity contribution in [3.05, 3.63) is 71.1 Å². The fraction of sp³-hybridized carbons (Fsp3) is 0.280. The van der Waals surface area contributed by atoms with Gasteiger partial charge in [0.05, 0.1) is 23.4 Å². The standard InChI is InChI=1S/C25H24ClN5O3/c1-16(2)31-23-20(15-27-31)19(14-21(28-23)22-4-3-13-34-22)25(33)30-11-9-29(10-12-30)24(32)17-5-7-18(26)8-6-17/h3-8,13-16H,9-12H2,1-2H3. The molecule has 1 aliphatic heterocycles. The lowest BCUT2D eigenvalue weighted by Gasteiger charge is -2.35. The van der Waals surface area contributed by atoms with Crippen molar-refractivity contribution in [1.29, 1.82) is 0 Å². The van der Waals surface area contributed by atoms with Gasteiger partial charge in [-0.3, -0.25) is 9.59 Å². The number of piperazine rings is 1. The molecule has 1 fully saturated rings. The maximum Gasteiger partial charge on any atom is 0.254 e. The Morgan fingerprint density at radius 1 is 1.00 bits per heavy atom. The van der Waals surface area contributed by atoms with E-state index in [9.17, 15) is 9.59 Å².